The minimum atomic E-state index is 0.920. The van der Waals surface area contributed by atoms with Gasteiger partial charge in [0.25, 0.3) is 0 Å². The standard InChI is InChI=1S/C8H10O.C5H12N2/c1-9-8-6-4-2-3-5-7-8;1-7-4-2-6-3-5-7/h2,4-7H,3H2,1H3;6H,2-5H2,1H3. The van der Waals surface area contributed by atoms with Gasteiger partial charge in [0, 0.05) is 26.2 Å². The quantitative estimate of drug-likeness (QED) is 0.728. The first kappa shape index (κ1) is 13.0. The Balaban J connectivity index is 0.000000165. The SMILES string of the molecule is CN1CCNCC1.COC1=CC=CCC=C1. The predicted molar refractivity (Wildman–Crippen MR) is 68.4 cm³/mol. The molecule has 90 valence electrons. The minimum absolute atomic E-state index is 0.920. The van der Waals surface area contributed by atoms with Crippen molar-refractivity contribution in [2.75, 3.05) is 40.3 Å². The number of likely N-dealkylation sites (N-methyl/N-ethyl adjacent to an activating group) is 1. The van der Waals surface area contributed by atoms with E-state index in [-0.39, 0.29) is 0 Å². The Bertz CT molecular complexity index is 263. The van der Waals surface area contributed by atoms with Crippen LogP contribution in [0.15, 0.2) is 36.1 Å². The number of methoxy groups -OCH3 is 1. The molecule has 0 spiro atoms. The van der Waals surface area contributed by atoms with Crippen molar-refractivity contribution >= 4 is 0 Å². The van der Waals surface area contributed by atoms with Crippen LogP contribution in [0.2, 0.25) is 0 Å². The van der Waals surface area contributed by atoms with E-state index in [1.165, 1.54) is 13.1 Å². The highest BCUT2D eigenvalue weighted by atomic mass is 16.5. The Labute approximate surface area is 98.5 Å². The molecule has 3 heteroatoms. The Morgan fingerprint density at radius 1 is 1.25 bits per heavy atom. The van der Waals surface area contributed by atoms with Gasteiger partial charge in [0.1, 0.15) is 5.76 Å². The van der Waals surface area contributed by atoms with Gasteiger partial charge in [0.05, 0.1) is 7.11 Å². The summed E-state index contributed by atoms with van der Waals surface area (Å²) in [6.45, 7) is 4.74. The monoisotopic (exact) mass is 222 g/mol. The van der Waals surface area contributed by atoms with Gasteiger partial charge >= 0.3 is 0 Å². The topological polar surface area (TPSA) is 24.5 Å². The van der Waals surface area contributed by atoms with Crippen molar-refractivity contribution in [3.8, 4) is 0 Å². The molecule has 0 amide bonds. The van der Waals surface area contributed by atoms with Crippen molar-refractivity contribution in [3.05, 3.63) is 36.1 Å². The zero-order valence-electron chi connectivity index (χ0n) is 10.3. The highest BCUT2D eigenvalue weighted by Gasteiger charge is 2.01. The van der Waals surface area contributed by atoms with Crippen LogP contribution in [0.3, 0.4) is 0 Å². The summed E-state index contributed by atoms with van der Waals surface area (Å²) in [4.78, 5) is 2.33. The lowest BCUT2D eigenvalue weighted by atomic mass is 10.4. The van der Waals surface area contributed by atoms with Gasteiger partial charge < -0.3 is 15.0 Å². The van der Waals surface area contributed by atoms with Gasteiger partial charge in [0.15, 0.2) is 0 Å². The molecule has 16 heavy (non-hydrogen) atoms. The molecule has 0 aromatic heterocycles. The largest absolute Gasteiger partial charge is 0.497 e. The van der Waals surface area contributed by atoms with Crippen LogP contribution in [0.1, 0.15) is 6.42 Å². The Morgan fingerprint density at radius 2 is 2.00 bits per heavy atom. The zero-order chi connectivity index (χ0) is 11.6. The lowest BCUT2D eigenvalue weighted by Gasteiger charge is -2.21. The van der Waals surface area contributed by atoms with E-state index in [0.717, 1.165) is 25.3 Å². The maximum atomic E-state index is 4.99. The lowest BCUT2D eigenvalue weighted by molar-refractivity contribution is 0.291. The number of nitrogens with one attached hydrogen (secondary N) is 1. The summed E-state index contributed by atoms with van der Waals surface area (Å²) in [5.41, 5.74) is 0. The molecular weight excluding hydrogens is 200 g/mol. The Hall–Kier alpha value is -1.06. The summed E-state index contributed by atoms with van der Waals surface area (Å²) in [6, 6.07) is 0. The van der Waals surface area contributed by atoms with Crippen LogP contribution < -0.4 is 5.32 Å². The fraction of sp³-hybridized carbons (Fsp3) is 0.538. The number of allylic oxidation sites excluding steroid dienone is 5. The van der Waals surface area contributed by atoms with Crippen LogP contribution in [0.25, 0.3) is 0 Å². The first-order chi connectivity index (χ1) is 7.83. The third kappa shape index (κ3) is 5.73. The van der Waals surface area contributed by atoms with Gasteiger partial charge in [-0.25, -0.2) is 0 Å². The molecule has 2 aliphatic rings. The second kappa shape index (κ2) is 8.13. The van der Waals surface area contributed by atoms with Crippen molar-refractivity contribution in [2.45, 2.75) is 6.42 Å². The minimum Gasteiger partial charge on any atom is -0.497 e. The number of piperazine rings is 1. The van der Waals surface area contributed by atoms with Gasteiger partial charge in [-0.2, -0.15) is 0 Å². The van der Waals surface area contributed by atoms with Crippen LogP contribution >= 0.6 is 0 Å². The summed E-state index contributed by atoms with van der Waals surface area (Å²) < 4.78 is 4.99. The molecule has 1 N–H and O–H groups in total. The highest BCUT2D eigenvalue weighted by Crippen LogP contribution is 2.03. The summed E-state index contributed by atoms with van der Waals surface area (Å²) in [5, 5.41) is 3.27. The molecule has 1 heterocycles. The molecule has 2 rings (SSSR count). The fourth-order valence-electron chi connectivity index (χ4n) is 1.47. The highest BCUT2D eigenvalue weighted by molar-refractivity contribution is 5.22. The average molecular weight is 222 g/mol. The molecule has 1 saturated heterocycles. The van der Waals surface area contributed by atoms with Crippen molar-refractivity contribution < 1.29 is 4.74 Å². The fourth-order valence-corrected chi connectivity index (χ4v) is 1.47. The number of ether oxygens (including phenoxy) is 1. The van der Waals surface area contributed by atoms with Crippen molar-refractivity contribution in [1.29, 1.82) is 0 Å². The molecule has 0 bridgehead atoms. The first-order valence-electron chi connectivity index (χ1n) is 5.79. The van der Waals surface area contributed by atoms with Gasteiger partial charge in [-0.15, -0.1) is 0 Å². The van der Waals surface area contributed by atoms with E-state index in [1.807, 2.05) is 18.2 Å². The molecule has 0 saturated carbocycles. The number of nitrogens with zero attached hydrogens (tertiary/aromatic N) is 1. The van der Waals surface area contributed by atoms with Crippen molar-refractivity contribution in [3.63, 3.8) is 0 Å². The van der Waals surface area contributed by atoms with Crippen LogP contribution in [-0.4, -0.2) is 45.2 Å². The van der Waals surface area contributed by atoms with E-state index < -0.39 is 0 Å². The van der Waals surface area contributed by atoms with E-state index >= 15 is 0 Å². The molecule has 1 aliphatic carbocycles. The van der Waals surface area contributed by atoms with E-state index in [0.29, 0.717) is 0 Å². The Morgan fingerprint density at radius 3 is 2.56 bits per heavy atom. The van der Waals surface area contributed by atoms with Gasteiger partial charge in [-0.3, -0.25) is 0 Å². The van der Waals surface area contributed by atoms with Gasteiger partial charge in [0.2, 0.25) is 0 Å². The molecule has 0 aromatic carbocycles. The molecule has 1 aliphatic heterocycles. The lowest BCUT2D eigenvalue weighted by Crippen LogP contribution is -2.40. The van der Waals surface area contributed by atoms with Gasteiger partial charge in [-0.05, 0) is 25.6 Å². The predicted octanol–water partition coefficient (Wildman–Crippen LogP) is 1.55. The van der Waals surface area contributed by atoms with Crippen LogP contribution in [0.5, 0.6) is 0 Å². The molecule has 1 fully saturated rings. The third-order valence-corrected chi connectivity index (χ3v) is 2.53. The number of hydrogen-bond donors (Lipinski definition) is 1. The third-order valence-electron chi connectivity index (χ3n) is 2.53. The number of rotatable bonds is 1. The summed E-state index contributed by atoms with van der Waals surface area (Å²) in [7, 11) is 3.83. The molecular formula is C13H22N2O. The maximum absolute atomic E-state index is 4.99. The number of hydrogen-bond acceptors (Lipinski definition) is 3. The van der Waals surface area contributed by atoms with Crippen molar-refractivity contribution in [2.24, 2.45) is 0 Å². The van der Waals surface area contributed by atoms with Crippen LogP contribution in [0, 0.1) is 0 Å². The second-order valence-corrected chi connectivity index (χ2v) is 3.89. The molecule has 0 unspecified atom stereocenters. The smallest absolute Gasteiger partial charge is 0.118 e. The average Bonchev–Trinajstić information content (AvgIpc) is 2.59. The zero-order valence-corrected chi connectivity index (χ0v) is 10.3. The van der Waals surface area contributed by atoms with Crippen LogP contribution in [-0.2, 0) is 4.74 Å². The van der Waals surface area contributed by atoms with Gasteiger partial charge in [-0.1, -0.05) is 18.2 Å². The summed E-state index contributed by atoms with van der Waals surface area (Å²) in [6.07, 6.45) is 11.1. The first-order valence-corrected chi connectivity index (χ1v) is 5.79. The maximum Gasteiger partial charge on any atom is 0.118 e. The molecule has 0 aromatic rings. The van der Waals surface area contributed by atoms with E-state index in [9.17, 15) is 0 Å². The van der Waals surface area contributed by atoms with E-state index in [2.05, 4.69) is 29.4 Å². The van der Waals surface area contributed by atoms with Crippen molar-refractivity contribution in [1.82, 2.24) is 10.2 Å². The Kier molecular flexibility index (Phi) is 6.61. The molecule has 0 atom stereocenters. The molecule has 0 radical (unpaired) electrons. The normalized spacial score (nSPS) is 20.5. The van der Waals surface area contributed by atoms with E-state index in [4.69, 9.17) is 4.74 Å². The second-order valence-electron chi connectivity index (χ2n) is 3.89. The van der Waals surface area contributed by atoms with Crippen LogP contribution in [0.4, 0.5) is 0 Å². The summed E-state index contributed by atoms with van der Waals surface area (Å²) >= 11 is 0. The van der Waals surface area contributed by atoms with E-state index in [1.54, 1.807) is 7.11 Å². The molecule has 3 nitrogen and oxygen atoms in total. The summed E-state index contributed by atoms with van der Waals surface area (Å²) in [5.74, 6) is 0.920.